The van der Waals surface area contributed by atoms with Crippen molar-refractivity contribution >= 4 is 40.1 Å². The summed E-state index contributed by atoms with van der Waals surface area (Å²) in [6.07, 6.45) is 0. The minimum Gasteiger partial charge on any atom is -0.495 e. The number of carbonyl (C=O) groups is 2. The molecule has 0 amide bonds. The summed E-state index contributed by atoms with van der Waals surface area (Å²) in [4.78, 5) is 29.5. The molecule has 26 heavy (non-hydrogen) atoms. The maximum Gasteiger partial charge on any atom is 0.235 e. The van der Waals surface area contributed by atoms with E-state index in [1.165, 1.54) is 13.2 Å². The molecule has 0 radical (unpaired) electrons. The van der Waals surface area contributed by atoms with Gasteiger partial charge in [-0.1, -0.05) is 0 Å². The number of rotatable bonds is 5. The predicted octanol–water partition coefficient (Wildman–Crippen LogP) is 3.02. The lowest BCUT2D eigenvalue weighted by Crippen LogP contribution is -2.56. The molecule has 0 spiro atoms. The fraction of sp³-hybridized carbons (Fsp3) is 0.556. The Bertz CT molecular complexity index is 700. The average molecular weight is 447 g/mol. The van der Waals surface area contributed by atoms with Gasteiger partial charge >= 0.3 is 0 Å². The molecule has 1 aromatic rings. The molecule has 1 aromatic carbocycles. The monoisotopic (exact) mass is 446 g/mol. The van der Waals surface area contributed by atoms with E-state index >= 15 is 0 Å². The highest BCUT2D eigenvalue weighted by Crippen LogP contribution is 2.31. The number of hydrogen-bond acceptors (Lipinski definition) is 6. The van der Waals surface area contributed by atoms with Crippen LogP contribution in [0, 0.1) is 5.82 Å². The summed E-state index contributed by atoms with van der Waals surface area (Å²) in [5.41, 5.74) is -0.0454. The standard InChI is InChI=1S/C18H24BrFN2O3S/c1-18(2,3)22-7-5-21(6-8-22)17(26)15(24)14(23)12-9-11(20)10-13(19)16(12)25-4/h9-10,17,26H,5-8H2,1-4H3. The van der Waals surface area contributed by atoms with Gasteiger partial charge in [0.05, 0.1) is 17.1 Å². The zero-order chi connectivity index (χ0) is 19.6. The fourth-order valence-electron chi connectivity index (χ4n) is 2.99. The number of benzene rings is 1. The number of thiol groups is 1. The molecule has 1 aliphatic rings. The van der Waals surface area contributed by atoms with Gasteiger partial charge in [0.25, 0.3) is 0 Å². The number of nitrogens with zero attached hydrogens (tertiary/aromatic N) is 2. The van der Waals surface area contributed by atoms with E-state index in [-0.39, 0.29) is 21.3 Å². The number of piperazine rings is 1. The zero-order valence-corrected chi connectivity index (χ0v) is 17.9. The molecule has 1 saturated heterocycles. The molecule has 0 N–H and O–H groups in total. The van der Waals surface area contributed by atoms with Crippen LogP contribution in [0.5, 0.6) is 5.75 Å². The summed E-state index contributed by atoms with van der Waals surface area (Å²) in [6.45, 7) is 9.27. The summed E-state index contributed by atoms with van der Waals surface area (Å²) in [6, 6.07) is 2.20. The second kappa shape index (κ2) is 8.37. The highest BCUT2D eigenvalue weighted by atomic mass is 79.9. The van der Waals surface area contributed by atoms with Gasteiger partial charge in [-0.2, -0.15) is 12.6 Å². The van der Waals surface area contributed by atoms with Crippen molar-refractivity contribution in [1.29, 1.82) is 0 Å². The third kappa shape index (κ3) is 4.65. The van der Waals surface area contributed by atoms with Crippen LogP contribution in [0.4, 0.5) is 4.39 Å². The lowest BCUT2D eigenvalue weighted by atomic mass is 10.0. The van der Waals surface area contributed by atoms with Crippen LogP contribution in [0.1, 0.15) is 31.1 Å². The molecule has 0 bridgehead atoms. The van der Waals surface area contributed by atoms with E-state index in [4.69, 9.17) is 4.74 Å². The van der Waals surface area contributed by atoms with Crippen LogP contribution < -0.4 is 4.74 Å². The summed E-state index contributed by atoms with van der Waals surface area (Å²) >= 11 is 7.52. The minimum absolute atomic E-state index is 0.0548. The Kier molecular flexibility index (Phi) is 6.87. The van der Waals surface area contributed by atoms with E-state index in [2.05, 4.69) is 54.2 Å². The molecule has 2 rings (SSSR count). The lowest BCUT2D eigenvalue weighted by Gasteiger charge is -2.43. The van der Waals surface area contributed by atoms with Crippen molar-refractivity contribution in [3.8, 4) is 5.75 Å². The van der Waals surface area contributed by atoms with Crippen molar-refractivity contribution in [2.45, 2.75) is 31.7 Å². The molecule has 1 heterocycles. The number of ketones is 2. The maximum absolute atomic E-state index is 13.7. The van der Waals surface area contributed by atoms with E-state index in [1.54, 1.807) is 0 Å². The molecule has 0 aliphatic carbocycles. The number of ether oxygens (including phenoxy) is 1. The largest absolute Gasteiger partial charge is 0.495 e. The summed E-state index contributed by atoms with van der Waals surface area (Å²) in [5, 5.41) is -0.864. The van der Waals surface area contributed by atoms with Crippen LogP contribution in [0.25, 0.3) is 0 Å². The Balaban J connectivity index is 2.13. The molecule has 144 valence electrons. The third-order valence-corrected chi connectivity index (χ3v) is 5.67. The van der Waals surface area contributed by atoms with E-state index in [0.717, 1.165) is 19.2 Å². The normalized spacial score (nSPS) is 17.8. The van der Waals surface area contributed by atoms with E-state index < -0.39 is 22.8 Å². The number of methoxy groups -OCH3 is 1. The van der Waals surface area contributed by atoms with Crippen molar-refractivity contribution in [3.05, 3.63) is 28.0 Å². The number of carbonyl (C=O) groups excluding carboxylic acids is 2. The van der Waals surface area contributed by atoms with E-state index in [0.29, 0.717) is 13.1 Å². The first-order valence-electron chi connectivity index (χ1n) is 8.35. The Morgan fingerprint density at radius 1 is 1.23 bits per heavy atom. The number of halogens is 2. The van der Waals surface area contributed by atoms with E-state index in [9.17, 15) is 14.0 Å². The van der Waals surface area contributed by atoms with Gasteiger partial charge in [0.15, 0.2) is 0 Å². The molecule has 8 heteroatoms. The minimum atomic E-state index is -0.864. The lowest BCUT2D eigenvalue weighted by molar-refractivity contribution is -0.118. The second-order valence-electron chi connectivity index (χ2n) is 7.23. The first-order valence-corrected chi connectivity index (χ1v) is 9.66. The number of Topliss-reactive ketones (excluding diaryl/α,β-unsaturated/α-hetero) is 2. The van der Waals surface area contributed by atoms with Crippen molar-refractivity contribution in [3.63, 3.8) is 0 Å². The summed E-state index contributed by atoms with van der Waals surface area (Å²) < 4.78 is 19.1. The van der Waals surface area contributed by atoms with Gasteiger partial charge in [-0.3, -0.25) is 19.4 Å². The summed E-state index contributed by atoms with van der Waals surface area (Å²) in [5.74, 6) is -1.97. The van der Waals surface area contributed by atoms with Gasteiger partial charge in [0.2, 0.25) is 11.6 Å². The molecule has 5 nitrogen and oxygen atoms in total. The SMILES string of the molecule is COc1c(Br)cc(F)cc1C(=O)C(=O)C(S)N1CCN(C(C)(C)C)CC1. The highest BCUT2D eigenvalue weighted by molar-refractivity contribution is 9.10. The number of hydrogen-bond donors (Lipinski definition) is 1. The van der Waals surface area contributed by atoms with E-state index in [1.807, 2.05) is 4.90 Å². The quantitative estimate of drug-likeness (QED) is 0.427. The maximum atomic E-state index is 13.7. The molecular weight excluding hydrogens is 423 g/mol. The first kappa shape index (κ1) is 21.3. The average Bonchev–Trinajstić information content (AvgIpc) is 2.58. The van der Waals surface area contributed by atoms with Gasteiger partial charge < -0.3 is 4.74 Å². The Morgan fingerprint density at radius 3 is 2.31 bits per heavy atom. The third-order valence-electron chi connectivity index (χ3n) is 4.52. The highest BCUT2D eigenvalue weighted by Gasteiger charge is 2.34. The van der Waals surface area contributed by atoms with Crippen LogP contribution in [0.3, 0.4) is 0 Å². The fourth-order valence-corrected chi connectivity index (χ4v) is 3.93. The van der Waals surface area contributed by atoms with Crippen molar-refractivity contribution in [2.75, 3.05) is 33.3 Å². The van der Waals surface area contributed by atoms with Gasteiger partial charge in [0, 0.05) is 31.7 Å². The molecular formula is C18H24BrFN2O3S. The second-order valence-corrected chi connectivity index (χ2v) is 8.57. The predicted molar refractivity (Wildman–Crippen MR) is 106 cm³/mol. The Labute approximate surface area is 167 Å². The van der Waals surface area contributed by atoms with Crippen molar-refractivity contribution < 1.29 is 18.7 Å². The van der Waals surface area contributed by atoms with Crippen molar-refractivity contribution in [1.82, 2.24) is 9.80 Å². The first-order chi connectivity index (χ1) is 12.1. The van der Waals surface area contributed by atoms with Crippen molar-refractivity contribution in [2.24, 2.45) is 0 Å². The molecule has 1 aliphatic heterocycles. The molecule has 0 aromatic heterocycles. The van der Waals surface area contributed by atoms with Crippen LogP contribution in [-0.4, -0.2) is 65.6 Å². The molecule has 0 saturated carbocycles. The van der Waals surface area contributed by atoms with Gasteiger partial charge in [-0.05, 0) is 48.8 Å². The molecule has 1 unspecified atom stereocenters. The molecule has 1 fully saturated rings. The van der Waals surface area contributed by atoms with Gasteiger partial charge in [-0.15, -0.1) is 0 Å². The topological polar surface area (TPSA) is 49.9 Å². The van der Waals surface area contributed by atoms with Crippen LogP contribution in [-0.2, 0) is 4.79 Å². The van der Waals surface area contributed by atoms with Gasteiger partial charge in [0.1, 0.15) is 16.9 Å². The Morgan fingerprint density at radius 2 is 1.81 bits per heavy atom. The Hall–Kier alpha value is -0.960. The van der Waals surface area contributed by atoms with Crippen LogP contribution >= 0.6 is 28.6 Å². The summed E-state index contributed by atoms with van der Waals surface area (Å²) in [7, 11) is 1.36. The van der Waals surface area contributed by atoms with Gasteiger partial charge in [-0.25, -0.2) is 4.39 Å². The zero-order valence-electron chi connectivity index (χ0n) is 15.4. The molecule has 1 atom stereocenters. The van der Waals surface area contributed by atoms with Crippen LogP contribution in [0.2, 0.25) is 0 Å². The smallest absolute Gasteiger partial charge is 0.235 e. The van der Waals surface area contributed by atoms with Crippen LogP contribution in [0.15, 0.2) is 16.6 Å².